The Labute approximate surface area is 154 Å². The Hall–Kier alpha value is -1.19. The molecule has 2 fully saturated rings. The largest absolute Gasteiger partial charge is 0.366 e. The van der Waals surface area contributed by atoms with Gasteiger partial charge in [0, 0.05) is 39.3 Å². The molecule has 1 aromatic carbocycles. The number of rotatable bonds is 3. The number of hydrogen-bond acceptors (Lipinski definition) is 5. The SMILES string of the molecule is Cl.O=C(C1CNCCO1)N1CCCN(S(=O)(=O)c2ccccc2)CC1. The number of amides is 1. The van der Waals surface area contributed by atoms with Crippen LogP contribution in [0.4, 0.5) is 0 Å². The summed E-state index contributed by atoms with van der Waals surface area (Å²) in [6.45, 7) is 3.48. The third-order valence-electron chi connectivity index (χ3n) is 4.35. The number of nitrogens with zero attached hydrogens (tertiary/aromatic N) is 2. The molecule has 1 N–H and O–H groups in total. The van der Waals surface area contributed by atoms with Crippen LogP contribution in [0.15, 0.2) is 35.2 Å². The minimum absolute atomic E-state index is 0. The molecule has 25 heavy (non-hydrogen) atoms. The molecular weight excluding hydrogens is 366 g/mol. The van der Waals surface area contributed by atoms with Crippen molar-refractivity contribution in [2.45, 2.75) is 17.4 Å². The zero-order valence-corrected chi connectivity index (χ0v) is 15.6. The Kier molecular flexibility index (Phi) is 7.21. The second-order valence-electron chi connectivity index (χ2n) is 5.96. The topological polar surface area (TPSA) is 79.0 Å². The van der Waals surface area contributed by atoms with E-state index in [9.17, 15) is 13.2 Å². The zero-order chi connectivity index (χ0) is 17.0. The first kappa shape index (κ1) is 20.1. The molecule has 7 nitrogen and oxygen atoms in total. The summed E-state index contributed by atoms with van der Waals surface area (Å²) in [6.07, 6.45) is 0.161. The number of nitrogens with one attached hydrogen (secondary N) is 1. The molecule has 1 aromatic rings. The summed E-state index contributed by atoms with van der Waals surface area (Å²) in [4.78, 5) is 14.5. The van der Waals surface area contributed by atoms with Gasteiger partial charge in [0.05, 0.1) is 11.5 Å². The highest BCUT2D eigenvalue weighted by molar-refractivity contribution is 7.89. The molecule has 140 valence electrons. The van der Waals surface area contributed by atoms with E-state index in [1.54, 1.807) is 35.2 Å². The van der Waals surface area contributed by atoms with Crippen molar-refractivity contribution in [3.05, 3.63) is 30.3 Å². The van der Waals surface area contributed by atoms with Gasteiger partial charge in [0.25, 0.3) is 5.91 Å². The van der Waals surface area contributed by atoms with Gasteiger partial charge in [-0.3, -0.25) is 4.79 Å². The number of hydrogen-bond donors (Lipinski definition) is 1. The van der Waals surface area contributed by atoms with Crippen molar-refractivity contribution in [2.75, 3.05) is 45.9 Å². The maximum Gasteiger partial charge on any atom is 0.253 e. The first-order chi connectivity index (χ1) is 11.6. The van der Waals surface area contributed by atoms with Crippen LogP contribution < -0.4 is 5.32 Å². The highest BCUT2D eigenvalue weighted by Crippen LogP contribution is 2.18. The Balaban J connectivity index is 0.00000225. The normalized spacial score (nSPS) is 22.7. The van der Waals surface area contributed by atoms with Crippen LogP contribution in [0.5, 0.6) is 0 Å². The molecule has 0 bridgehead atoms. The molecule has 9 heteroatoms. The predicted molar refractivity (Wildman–Crippen MR) is 96.3 cm³/mol. The van der Waals surface area contributed by atoms with E-state index in [4.69, 9.17) is 4.74 Å². The second kappa shape index (κ2) is 8.95. The van der Waals surface area contributed by atoms with Crippen molar-refractivity contribution in [1.29, 1.82) is 0 Å². The molecule has 0 spiro atoms. The van der Waals surface area contributed by atoms with Crippen LogP contribution in [0.25, 0.3) is 0 Å². The van der Waals surface area contributed by atoms with E-state index in [-0.39, 0.29) is 18.3 Å². The first-order valence-corrected chi connectivity index (χ1v) is 9.69. The van der Waals surface area contributed by atoms with E-state index in [0.717, 1.165) is 6.54 Å². The van der Waals surface area contributed by atoms with Crippen LogP contribution in [0.1, 0.15) is 6.42 Å². The van der Waals surface area contributed by atoms with Gasteiger partial charge in [-0.05, 0) is 18.6 Å². The average molecular weight is 390 g/mol. The summed E-state index contributed by atoms with van der Waals surface area (Å²) in [5.41, 5.74) is 0. The fourth-order valence-corrected chi connectivity index (χ4v) is 4.51. The molecule has 1 amide bonds. The van der Waals surface area contributed by atoms with Gasteiger partial charge in [-0.2, -0.15) is 4.31 Å². The number of carbonyl (C=O) groups excluding carboxylic acids is 1. The molecular formula is C16H24ClN3O4S. The third-order valence-corrected chi connectivity index (χ3v) is 6.26. The number of carbonyl (C=O) groups is 1. The Morgan fingerprint density at radius 3 is 2.56 bits per heavy atom. The monoisotopic (exact) mass is 389 g/mol. The van der Waals surface area contributed by atoms with Crippen molar-refractivity contribution in [1.82, 2.24) is 14.5 Å². The van der Waals surface area contributed by atoms with Gasteiger partial charge in [0.15, 0.2) is 0 Å². The van der Waals surface area contributed by atoms with Crippen LogP contribution in [0.2, 0.25) is 0 Å². The van der Waals surface area contributed by atoms with E-state index in [2.05, 4.69) is 5.32 Å². The molecule has 2 saturated heterocycles. The number of morpholine rings is 1. The molecule has 2 aliphatic rings. The lowest BCUT2D eigenvalue weighted by Gasteiger charge is -2.29. The van der Waals surface area contributed by atoms with Gasteiger partial charge in [0.1, 0.15) is 6.10 Å². The highest BCUT2D eigenvalue weighted by Gasteiger charge is 2.31. The van der Waals surface area contributed by atoms with Crippen molar-refractivity contribution in [3.8, 4) is 0 Å². The van der Waals surface area contributed by atoms with E-state index in [1.807, 2.05) is 0 Å². The summed E-state index contributed by atoms with van der Waals surface area (Å²) in [6, 6.07) is 8.43. The number of halogens is 1. The van der Waals surface area contributed by atoms with Gasteiger partial charge in [-0.25, -0.2) is 8.42 Å². The van der Waals surface area contributed by atoms with Gasteiger partial charge in [0.2, 0.25) is 10.0 Å². The highest BCUT2D eigenvalue weighted by atomic mass is 35.5. The van der Waals surface area contributed by atoms with Gasteiger partial charge in [-0.1, -0.05) is 18.2 Å². The van der Waals surface area contributed by atoms with Crippen LogP contribution >= 0.6 is 12.4 Å². The lowest BCUT2D eigenvalue weighted by atomic mass is 10.2. The quantitative estimate of drug-likeness (QED) is 0.805. The molecule has 1 unspecified atom stereocenters. The van der Waals surface area contributed by atoms with Gasteiger partial charge in [-0.15, -0.1) is 12.4 Å². The van der Waals surface area contributed by atoms with Crippen molar-refractivity contribution >= 4 is 28.3 Å². The molecule has 0 aliphatic carbocycles. The fraction of sp³-hybridized carbons (Fsp3) is 0.562. The molecule has 1 atom stereocenters. The predicted octanol–water partition coefficient (Wildman–Crippen LogP) is 0.320. The maximum atomic E-state index is 12.7. The standard InChI is InChI=1S/C16H23N3O4S.ClH/c20-16(15-13-17-7-12-23-15)18-8-4-9-19(11-10-18)24(21,22)14-5-2-1-3-6-14;/h1-3,5-6,15,17H,4,7-13H2;1H. The molecule has 3 rings (SSSR count). The molecule has 0 aromatic heterocycles. The number of benzene rings is 1. The van der Waals surface area contributed by atoms with Crippen LogP contribution in [0, 0.1) is 0 Å². The minimum atomic E-state index is -3.51. The maximum absolute atomic E-state index is 12.7. The fourth-order valence-electron chi connectivity index (χ4n) is 3.02. The van der Waals surface area contributed by atoms with E-state index >= 15 is 0 Å². The first-order valence-electron chi connectivity index (χ1n) is 8.25. The van der Waals surface area contributed by atoms with E-state index < -0.39 is 16.1 Å². The van der Waals surface area contributed by atoms with Crippen LogP contribution in [0.3, 0.4) is 0 Å². The van der Waals surface area contributed by atoms with Gasteiger partial charge >= 0.3 is 0 Å². The lowest BCUT2D eigenvalue weighted by Crippen LogP contribution is -2.50. The average Bonchev–Trinajstić information content (AvgIpc) is 2.89. The van der Waals surface area contributed by atoms with Crippen LogP contribution in [-0.2, 0) is 19.6 Å². The van der Waals surface area contributed by atoms with E-state index in [1.165, 1.54) is 4.31 Å². The molecule has 0 saturated carbocycles. The molecule has 0 radical (unpaired) electrons. The minimum Gasteiger partial charge on any atom is -0.366 e. The molecule has 2 heterocycles. The van der Waals surface area contributed by atoms with Crippen molar-refractivity contribution in [3.63, 3.8) is 0 Å². The third kappa shape index (κ3) is 4.71. The summed E-state index contributed by atoms with van der Waals surface area (Å²) in [5, 5.41) is 3.15. The van der Waals surface area contributed by atoms with E-state index in [0.29, 0.717) is 50.6 Å². The summed E-state index contributed by atoms with van der Waals surface area (Å²) in [5.74, 6) is -0.0545. The van der Waals surface area contributed by atoms with Crippen molar-refractivity contribution in [2.24, 2.45) is 0 Å². The van der Waals surface area contributed by atoms with Crippen molar-refractivity contribution < 1.29 is 17.9 Å². The Bertz CT molecular complexity index is 665. The Morgan fingerprint density at radius 2 is 1.88 bits per heavy atom. The second-order valence-corrected chi connectivity index (χ2v) is 7.90. The number of sulfonamides is 1. The smallest absolute Gasteiger partial charge is 0.253 e. The molecule has 2 aliphatic heterocycles. The summed E-state index contributed by atoms with van der Waals surface area (Å²) in [7, 11) is -3.51. The number of ether oxygens (including phenoxy) is 1. The summed E-state index contributed by atoms with van der Waals surface area (Å²) >= 11 is 0. The lowest BCUT2D eigenvalue weighted by molar-refractivity contribution is -0.145. The van der Waals surface area contributed by atoms with Gasteiger partial charge < -0.3 is 15.0 Å². The summed E-state index contributed by atoms with van der Waals surface area (Å²) < 4.78 is 32.4. The Morgan fingerprint density at radius 1 is 1.12 bits per heavy atom. The van der Waals surface area contributed by atoms with Crippen LogP contribution in [-0.4, -0.2) is 75.5 Å². The zero-order valence-electron chi connectivity index (χ0n) is 14.0.